The van der Waals surface area contributed by atoms with Crippen LogP contribution in [0.25, 0.3) is 11.0 Å². The van der Waals surface area contributed by atoms with Crippen LogP contribution in [0.5, 0.6) is 5.75 Å². The third kappa shape index (κ3) is 3.25. The Labute approximate surface area is 117 Å². The van der Waals surface area contributed by atoms with Crippen molar-refractivity contribution < 1.29 is 17.9 Å². The van der Waals surface area contributed by atoms with Gasteiger partial charge >= 0.3 is 6.36 Å². The molecular formula is C14H10F3N3O. The molecule has 0 saturated heterocycles. The van der Waals surface area contributed by atoms with Crippen LogP contribution >= 0.6 is 0 Å². The molecule has 0 fully saturated rings. The molecule has 0 aliphatic rings. The SMILES string of the molecule is FC(F)(F)Oc1cccc(Nc2ccc3cc[nH]c3n2)c1. The van der Waals surface area contributed by atoms with Gasteiger partial charge in [0.25, 0.3) is 0 Å². The number of aromatic nitrogens is 2. The van der Waals surface area contributed by atoms with Gasteiger partial charge in [-0.2, -0.15) is 0 Å². The number of hydrogen-bond donors (Lipinski definition) is 2. The maximum absolute atomic E-state index is 12.2. The fourth-order valence-corrected chi connectivity index (χ4v) is 1.92. The third-order valence-corrected chi connectivity index (χ3v) is 2.75. The second-order valence-corrected chi connectivity index (χ2v) is 4.31. The van der Waals surface area contributed by atoms with Crippen LogP contribution in [0.1, 0.15) is 0 Å². The monoisotopic (exact) mass is 293 g/mol. The van der Waals surface area contributed by atoms with E-state index in [1.165, 1.54) is 18.2 Å². The van der Waals surface area contributed by atoms with Gasteiger partial charge in [-0.25, -0.2) is 4.98 Å². The average molecular weight is 293 g/mol. The number of nitrogens with one attached hydrogen (secondary N) is 2. The molecule has 0 amide bonds. The van der Waals surface area contributed by atoms with Crippen molar-refractivity contribution in [3.63, 3.8) is 0 Å². The molecule has 0 unspecified atom stereocenters. The molecule has 0 spiro atoms. The number of fused-ring (bicyclic) bond motifs is 1. The Morgan fingerprint density at radius 2 is 1.95 bits per heavy atom. The Morgan fingerprint density at radius 3 is 2.76 bits per heavy atom. The van der Waals surface area contributed by atoms with Crippen molar-refractivity contribution in [3.8, 4) is 5.75 Å². The molecule has 3 rings (SSSR count). The molecule has 4 nitrogen and oxygen atoms in total. The molecule has 0 bridgehead atoms. The third-order valence-electron chi connectivity index (χ3n) is 2.75. The van der Waals surface area contributed by atoms with Crippen LogP contribution in [-0.2, 0) is 0 Å². The zero-order valence-electron chi connectivity index (χ0n) is 10.6. The Balaban J connectivity index is 1.82. The summed E-state index contributed by atoms with van der Waals surface area (Å²) in [5, 5.41) is 3.89. The Kier molecular flexibility index (Phi) is 3.17. The Hall–Kier alpha value is -2.70. The van der Waals surface area contributed by atoms with Crippen molar-refractivity contribution in [3.05, 3.63) is 48.7 Å². The van der Waals surface area contributed by atoms with Crippen LogP contribution in [0.4, 0.5) is 24.7 Å². The number of hydrogen-bond acceptors (Lipinski definition) is 3. The number of benzene rings is 1. The van der Waals surface area contributed by atoms with Gasteiger partial charge in [-0.3, -0.25) is 0 Å². The molecule has 1 aromatic carbocycles. The van der Waals surface area contributed by atoms with Crippen molar-refractivity contribution in [2.75, 3.05) is 5.32 Å². The van der Waals surface area contributed by atoms with E-state index in [4.69, 9.17) is 0 Å². The second-order valence-electron chi connectivity index (χ2n) is 4.31. The zero-order valence-corrected chi connectivity index (χ0v) is 10.6. The van der Waals surface area contributed by atoms with Crippen LogP contribution < -0.4 is 10.1 Å². The zero-order chi connectivity index (χ0) is 14.9. The number of H-pyrrole nitrogens is 1. The minimum atomic E-state index is -4.71. The minimum absolute atomic E-state index is 0.284. The minimum Gasteiger partial charge on any atom is -0.406 e. The maximum Gasteiger partial charge on any atom is 0.573 e. The lowest BCUT2D eigenvalue weighted by molar-refractivity contribution is -0.274. The first-order chi connectivity index (χ1) is 9.99. The highest BCUT2D eigenvalue weighted by Gasteiger charge is 2.31. The molecule has 0 saturated carbocycles. The van der Waals surface area contributed by atoms with Crippen molar-refractivity contribution in [2.45, 2.75) is 6.36 Å². The van der Waals surface area contributed by atoms with Crippen molar-refractivity contribution in [1.29, 1.82) is 0 Å². The summed E-state index contributed by atoms with van der Waals surface area (Å²) in [6.45, 7) is 0. The van der Waals surface area contributed by atoms with Gasteiger partial charge in [0.15, 0.2) is 0 Å². The molecular weight excluding hydrogens is 283 g/mol. The first-order valence-corrected chi connectivity index (χ1v) is 6.07. The highest BCUT2D eigenvalue weighted by molar-refractivity contribution is 5.78. The molecule has 3 aromatic rings. The summed E-state index contributed by atoms with van der Waals surface area (Å²) < 4.78 is 40.4. The summed E-state index contributed by atoms with van der Waals surface area (Å²) in [6.07, 6.45) is -2.95. The van der Waals surface area contributed by atoms with Gasteiger partial charge in [0.2, 0.25) is 0 Å². The first kappa shape index (κ1) is 13.3. The van der Waals surface area contributed by atoms with Crippen LogP contribution in [0, 0.1) is 0 Å². The molecule has 21 heavy (non-hydrogen) atoms. The quantitative estimate of drug-likeness (QED) is 0.760. The molecule has 108 valence electrons. The van der Waals surface area contributed by atoms with E-state index in [0.717, 1.165) is 5.39 Å². The van der Waals surface area contributed by atoms with Crippen molar-refractivity contribution >= 4 is 22.5 Å². The summed E-state index contributed by atoms with van der Waals surface area (Å²) >= 11 is 0. The lowest BCUT2D eigenvalue weighted by atomic mass is 10.3. The maximum atomic E-state index is 12.2. The summed E-state index contributed by atoms with van der Waals surface area (Å²) in [5.41, 5.74) is 1.15. The highest BCUT2D eigenvalue weighted by atomic mass is 19.4. The van der Waals surface area contributed by atoms with E-state index < -0.39 is 6.36 Å². The topological polar surface area (TPSA) is 49.9 Å². The molecule has 2 aromatic heterocycles. The standard InChI is InChI=1S/C14H10F3N3O/c15-14(16,17)21-11-3-1-2-10(8-11)19-12-5-4-9-6-7-18-13(9)20-12/h1-8H,(H2,18,19,20). The molecule has 2 N–H and O–H groups in total. The average Bonchev–Trinajstić information content (AvgIpc) is 2.84. The van der Waals surface area contributed by atoms with Gasteiger partial charge in [-0.1, -0.05) is 6.07 Å². The predicted molar refractivity (Wildman–Crippen MR) is 72.5 cm³/mol. The van der Waals surface area contributed by atoms with Gasteiger partial charge in [0, 0.05) is 23.3 Å². The fraction of sp³-hybridized carbons (Fsp3) is 0.0714. The van der Waals surface area contributed by atoms with Crippen LogP contribution in [-0.4, -0.2) is 16.3 Å². The number of alkyl halides is 3. The van der Waals surface area contributed by atoms with E-state index in [2.05, 4.69) is 20.0 Å². The number of rotatable bonds is 3. The largest absolute Gasteiger partial charge is 0.573 e. The predicted octanol–water partition coefficient (Wildman–Crippen LogP) is 4.21. The Morgan fingerprint density at radius 1 is 1.10 bits per heavy atom. The summed E-state index contributed by atoms with van der Waals surface area (Å²) in [7, 11) is 0. The van der Waals surface area contributed by atoms with Crippen molar-refractivity contribution in [1.82, 2.24) is 9.97 Å². The lowest BCUT2D eigenvalue weighted by Crippen LogP contribution is -2.17. The number of pyridine rings is 1. The fourth-order valence-electron chi connectivity index (χ4n) is 1.92. The normalized spacial score (nSPS) is 11.6. The molecule has 2 heterocycles. The van der Waals surface area contributed by atoms with E-state index in [0.29, 0.717) is 17.2 Å². The van der Waals surface area contributed by atoms with Gasteiger partial charge in [0.05, 0.1) is 0 Å². The van der Waals surface area contributed by atoms with Crippen LogP contribution in [0.2, 0.25) is 0 Å². The lowest BCUT2D eigenvalue weighted by Gasteiger charge is -2.11. The number of anilines is 2. The van der Waals surface area contributed by atoms with E-state index >= 15 is 0 Å². The molecule has 0 radical (unpaired) electrons. The van der Waals surface area contributed by atoms with Crippen LogP contribution in [0.3, 0.4) is 0 Å². The molecule has 7 heteroatoms. The summed E-state index contributed by atoms with van der Waals surface area (Å²) in [5.74, 6) is 0.238. The van der Waals surface area contributed by atoms with Gasteiger partial charge < -0.3 is 15.0 Å². The molecule has 0 atom stereocenters. The second kappa shape index (κ2) is 5.01. The number of ether oxygens (including phenoxy) is 1. The highest BCUT2D eigenvalue weighted by Crippen LogP contribution is 2.26. The number of nitrogens with zero attached hydrogens (tertiary/aromatic N) is 1. The van der Waals surface area contributed by atoms with E-state index in [9.17, 15) is 13.2 Å². The van der Waals surface area contributed by atoms with E-state index in [1.807, 2.05) is 12.1 Å². The van der Waals surface area contributed by atoms with Gasteiger partial charge in [0.1, 0.15) is 17.2 Å². The smallest absolute Gasteiger partial charge is 0.406 e. The summed E-state index contributed by atoms with van der Waals surface area (Å²) in [4.78, 5) is 7.27. The molecule has 0 aliphatic heterocycles. The molecule has 0 aliphatic carbocycles. The van der Waals surface area contributed by atoms with Crippen molar-refractivity contribution in [2.24, 2.45) is 0 Å². The number of halogens is 3. The van der Waals surface area contributed by atoms with E-state index in [-0.39, 0.29) is 5.75 Å². The van der Waals surface area contributed by atoms with Gasteiger partial charge in [-0.05, 0) is 30.3 Å². The van der Waals surface area contributed by atoms with E-state index in [1.54, 1.807) is 18.3 Å². The first-order valence-electron chi connectivity index (χ1n) is 6.07. The number of aromatic amines is 1. The van der Waals surface area contributed by atoms with Crippen LogP contribution in [0.15, 0.2) is 48.7 Å². The summed E-state index contributed by atoms with van der Waals surface area (Å²) in [6, 6.07) is 11.1. The Bertz CT molecular complexity index is 767. The van der Waals surface area contributed by atoms with Gasteiger partial charge in [-0.15, -0.1) is 13.2 Å².